The van der Waals surface area contributed by atoms with Gasteiger partial charge in [-0.15, -0.1) is 0 Å². The Bertz CT molecular complexity index is 396. The Morgan fingerprint density at radius 3 is 2.67 bits per heavy atom. The number of hydrogen-bond donors (Lipinski definition) is 0. The fourth-order valence-corrected chi connectivity index (χ4v) is 4.00. The van der Waals surface area contributed by atoms with Gasteiger partial charge in [0.2, 0.25) is 0 Å². The predicted molar refractivity (Wildman–Crippen MR) is 78.0 cm³/mol. The standard InChI is InChI=1S/C17H25N/c1-13-3-5-15(6-4-13)16-8-10-18-17(12-16)9-7-14(2)11-17/h8,10,13,15H,2-7,9,11-12H2,1H3. The van der Waals surface area contributed by atoms with E-state index in [1.165, 1.54) is 50.5 Å². The van der Waals surface area contributed by atoms with Gasteiger partial charge in [-0.1, -0.05) is 37.5 Å². The molecule has 0 N–H and O–H groups in total. The molecule has 1 aliphatic heterocycles. The van der Waals surface area contributed by atoms with Crippen molar-refractivity contribution in [1.29, 1.82) is 0 Å². The van der Waals surface area contributed by atoms with E-state index in [2.05, 4.69) is 25.8 Å². The van der Waals surface area contributed by atoms with Crippen LogP contribution < -0.4 is 0 Å². The van der Waals surface area contributed by atoms with Crippen molar-refractivity contribution in [2.24, 2.45) is 16.8 Å². The molecule has 0 bridgehead atoms. The van der Waals surface area contributed by atoms with Gasteiger partial charge in [0, 0.05) is 6.21 Å². The Hall–Kier alpha value is -0.850. The average Bonchev–Trinajstić information content (AvgIpc) is 2.71. The van der Waals surface area contributed by atoms with Gasteiger partial charge in [-0.3, -0.25) is 4.99 Å². The molecule has 1 heterocycles. The largest absolute Gasteiger partial charge is 0.286 e. The van der Waals surface area contributed by atoms with Gasteiger partial charge in [-0.05, 0) is 56.4 Å². The number of nitrogens with zero attached hydrogens (tertiary/aromatic N) is 1. The van der Waals surface area contributed by atoms with E-state index in [1.807, 2.05) is 0 Å². The third-order valence-corrected chi connectivity index (χ3v) is 5.23. The second-order valence-electron chi connectivity index (χ2n) is 6.80. The topological polar surface area (TPSA) is 12.4 Å². The van der Waals surface area contributed by atoms with Crippen molar-refractivity contribution in [3.63, 3.8) is 0 Å². The molecular formula is C17H25N. The molecule has 0 aromatic rings. The second-order valence-corrected chi connectivity index (χ2v) is 6.80. The van der Waals surface area contributed by atoms with E-state index in [0.717, 1.165) is 18.3 Å². The highest BCUT2D eigenvalue weighted by atomic mass is 14.9. The lowest BCUT2D eigenvalue weighted by Gasteiger charge is -2.34. The van der Waals surface area contributed by atoms with Gasteiger partial charge >= 0.3 is 0 Å². The molecule has 0 amide bonds. The molecule has 1 unspecified atom stereocenters. The minimum Gasteiger partial charge on any atom is -0.286 e. The van der Waals surface area contributed by atoms with Gasteiger partial charge in [-0.25, -0.2) is 0 Å². The Kier molecular flexibility index (Phi) is 3.17. The molecule has 1 spiro atoms. The number of dihydropyridines is 1. The lowest BCUT2D eigenvalue weighted by Crippen LogP contribution is -2.28. The summed E-state index contributed by atoms with van der Waals surface area (Å²) in [5.41, 5.74) is 3.31. The summed E-state index contributed by atoms with van der Waals surface area (Å²) in [5.74, 6) is 1.79. The predicted octanol–water partition coefficient (Wildman–Crippen LogP) is 4.69. The van der Waals surface area contributed by atoms with Crippen LogP contribution in [0, 0.1) is 11.8 Å². The summed E-state index contributed by atoms with van der Waals surface area (Å²) in [6.07, 6.45) is 14.8. The Labute approximate surface area is 111 Å². The summed E-state index contributed by atoms with van der Waals surface area (Å²) in [5, 5.41) is 0. The molecule has 0 aromatic heterocycles. The van der Waals surface area contributed by atoms with Crippen LogP contribution in [0.1, 0.15) is 58.3 Å². The molecule has 0 saturated heterocycles. The first-order valence-electron chi connectivity index (χ1n) is 7.58. The van der Waals surface area contributed by atoms with E-state index in [4.69, 9.17) is 4.99 Å². The summed E-state index contributed by atoms with van der Waals surface area (Å²) in [7, 11) is 0. The molecule has 2 fully saturated rings. The molecule has 0 radical (unpaired) electrons. The first kappa shape index (κ1) is 12.2. The van der Waals surface area contributed by atoms with Crippen molar-refractivity contribution in [3.05, 3.63) is 23.8 Å². The van der Waals surface area contributed by atoms with E-state index in [1.54, 1.807) is 5.57 Å². The zero-order chi connectivity index (χ0) is 12.6. The monoisotopic (exact) mass is 243 g/mol. The van der Waals surface area contributed by atoms with Crippen LogP contribution in [0.15, 0.2) is 28.8 Å². The highest BCUT2D eigenvalue weighted by Crippen LogP contribution is 2.45. The van der Waals surface area contributed by atoms with Crippen LogP contribution >= 0.6 is 0 Å². The van der Waals surface area contributed by atoms with Gasteiger partial charge in [-0.2, -0.15) is 0 Å². The fraction of sp³-hybridized carbons (Fsp3) is 0.706. The van der Waals surface area contributed by atoms with Gasteiger partial charge in [0.25, 0.3) is 0 Å². The number of rotatable bonds is 1. The van der Waals surface area contributed by atoms with Crippen LogP contribution in [0.5, 0.6) is 0 Å². The Balaban J connectivity index is 1.69. The van der Waals surface area contributed by atoms with Gasteiger partial charge in [0.15, 0.2) is 0 Å². The average molecular weight is 243 g/mol. The maximum absolute atomic E-state index is 4.81. The normalized spacial score (nSPS) is 40.3. The van der Waals surface area contributed by atoms with Gasteiger partial charge < -0.3 is 0 Å². The lowest BCUT2D eigenvalue weighted by atomic mass is 9.74. The van der Waals surface area contributed by atoms with Crippen LogP contribution in [0.2, 0.25) is 0 Å². The highest BCUT2D eigenvalue weighted by molar-refractivity contribution is 5.74. The summed E-state index contributed by atoms with van der Waals surface area (Å²) in [4.78, 5) is 4.81. The molecule has 3 aliphatic rings. The maximum atomic E-state index is 4.81. The number of allylic oxidation sites excluding steroid dienone is 1. The second kappa shape index (κ2) is 4.68. The van der Waals surface area contributed by atoms with Gasteiger partial charge in [0.05, 0.1) is 5.54 Å². The zero-order valence-corrected chi connectivity index (χ0v) is 11.6. The minimum absolute atomic E-state index is 0.213. The van der Waals surface area contributed by atoms with Crippen LogP contribution in [0.25, 0.3) is 0 Å². The fourth-order valence-electron chi connectivity index (χ4n) is 4.00. The van der Waals surface area contributed by atoms with Crippen molar-refractivity contribution in [2.45, 2.75) is 63.8 Å². The molecule has 1 heteroatoms. The van der Waals surface area contributed by atoms with E-state index >= 15 is 0 Å². The smallest absolute Gasteiger partial charge is 0.0685 e. The molecule has 0 aromatic carbocycles. The summed E-state index contributed by atoms with van der Waals surface area (Å²) >= 11 is 0. The van der Waals surface area contributed by atoms with E-state index in [0.29, 0.717) is 0 Å². The Morgan fingerprint density at radius 1 is 1.22 bits per heavy atom. The van der Waals surface area contributed by atoms with E-state index in [9.17, 15) is 0 Å². The number of aliphatic imine (C=N–C) groups is 1. The van der Waals surface area contributed by atoms with Crippen molar-refractivity contribution in [3.8, 4) is 0 Å². The SMILES string of the molecule is C=C1CCC2(C1)CC(C1CCC(C)CC1)=CC=N2. The third kappa shape index (κ3) is 2.32. The lowest BCUT2D eigenvalue weighted by molar-refractivity contribution is 0.302. The van der Waals surface area contributed by atoms with E-state index in [-0.39, 0.29) is 5.54 Å². The first-order chi connectivity index (χ1) is 8.67. The molecule has 3 rings (SSSR count). The molecule has 98 valence electrons. The van der Waals surface area contributed by atoms with Crippen LogP contribution in [-0.2, 0) is 0 Å². The van der Waals surface area contributed by atoms with Crippen molar-refractivity contribution < 1.29 is 0 Å². The van der Waals surface area contributed by atoms with E-state index < -0.39 is 0 Å². The summed E-state index contributed by atoms with van der Waals surface area (Å²) in [6, 6.07) is 0. The first-order valence-corrected chi connectivity index (χ1v) is 7.58. The summed E-state index contributed by atoms with van der Waals surface area (Å²) < 4.78 is 0. The highest BCUT2D eigenvalue weighted by Gasteiger charge is 2.38. The number of hydrogen-bond acceptors (Lipinski definition) is 1. The molecule has 2 aliphatic carbocycles. The third-order valence-electron chi connectivity index (χ3n) is 5.23. The minimum atomic E-state index is 0.213. The van der Waals surface area contributed by atoms with Crippen LogP contribution in [0.3, 0.4) is 0 Å². The Morgan fingerprint density at radius 2 is 2.00 bits per heavy atom. The zero-order valence-electron chi connectivity index (χ0n) is 11.6. The quantitative estimate of drug-likeness (QED) is 0.592. The molecule has 18 heavy (non-hydrogen) atoms. The van der Waals surface area contributed by atoms with Crippen LogP contribution in [-0.4, -0.2) is 11.8 Å². The molecule has 1 atom stereocenters. The molecule has 1 nitrogen and oxygen atoms in total. The van der Waals surface area contributed by atoms with Crippen molar-refractivity contribution in [2.75, 3.05) is 0 Å². The molecule has 2 saturated carbocycles. The molecular weight excluding hydrogens is 218 g/mol. The van der Waals surface area contributed by atoms with Crippen molar-refractivity contribution >= 4 is 6.21 Å². The maximum Gasteiger partial charge on any atom is 0.0685 e. The van der Waals surface area contributed by atoms with Crippen molar-refractivity contribution in [1.82, 2.24) is 0 Å². The summed E-state index contributed by atoms with van der Waals surface area (Å²) in [6.45, 7) is 6.56. The van der Waals surface area contributed by atoms with Gasteiger partial charge in [0.1, 0.15) is 0 Å². The van der Waals surface area contributed by atoms with Crippen LogP contribution in [0.4, 0.5) is 0 Å².